The van der Waals surface area contributed by atoms with Crippen LogP contribution < -0.4 is 9.64 Å². The summed E-state index contributed by atoms with van der Waals surface area (Å²) in [6.07, 6.45) is 0. The van der Waals surface area contributed by atoms with E-state index in [9.17, 15) is 19.5 Å². The number of nitrogens with zero attached hydrogens (tertiary/aromatic N) is 1. The number of ketones is 1. The van der Waals surface area contributed by atoms with E-state index in [0.717, 1.165) is 21.9 Å². The van der Waals surface area contributed by atoms with Crippen molar-refractivity contribution in [2.45, 2.75) is 26.8 Å². The lowest BCUT2D eigenvalue weighted by molar-refractivity contribution is -0.132. The lowest BCUT2D eigenvalue weighted by Crippen LogP contribution is -2.29. The van der Waals surface area contributed by atoms with Gasteiger partial charge in [-0.1, -0.05) is 60.7 Å². The van der Waals surface area contributed by atoms with Crippen LogP contribution in [0.15, 0.2) is 90.5 Å². The van der Waals surface area contributed by atoms with Gasteiger partial charge < -0.3 is 9.84 Å². The highest BCUT2D eigenvalue weighted by atomic mass is 16.5. The van der Waals surface area contributed by atoms with Gasteiger partial charge in [0.15, 0.2) is 0 Å². The predicted octanol–water partition coefficient (Wildman–Crippen LogP) is 6.01. The van der Waals surface area contributed by atoms with Gasteiger partial charge in [0.2, 0.25) is 0 Å². The summed E-state index contributed by atoms with van der Waals surface area (Å²) in [5.41, 5.74) is 3.50. The molecule has 5 rings (SSSR count). The fraction of sp³-hybridized carbons (Fsp3) is 0.129. The molecule has 0 saturated carbocycles. The van der Waals surface area contributed by atoms with Crippen molar-refractivity contribution in [1.82, 2.24) is 0 Å². The van der Waals surface area contributed by atoms with Crippen LogP contribution in [0.5, 0.6) is 5.75 Å². The van der Waals surface area contributed by atoms with E-state index in [1.54, 1.807) is 36.4 Å². The molecule has 0 radical (unpaired) electrons. The van der Waals surface area contributed by atoms with Gasteiger partial charge in [-0.05, 0) is 65.6 Å². The topological polar surface area (TPSA) is 83.9 Å². The monoisotopic (exact) mass is 491 g/mol. The SMILES string of the molecule is CC(=O)Oc1ccc(C2/C(=C(/O)c3cccc4ccccc34)C(=O)C(=O)N2c2cc(C)cc(C)c2)cc1. The molecule has 4 aromatic rings. The van der Waals surface area contributed by atoms with Crippen molar-refractivity contribution in [1.29, 1.82) is 0 Å². The van der Waals surface area contributed by atoms with Gasteiger partial charge in [-0.25, -0.2) is 0 Å². The number of benzene rings is 4. The smallest absolute Gasteiger partial charge is 0.308 e. The summed E-state index contributed by atoms with van der Waals surface area (Å²) in [5.74, 6) is -1.84. The highest BCUT2D eigenvalue weighted by molar-refractivity contribution is 6.51. The van der Waals surface area contributed by atoms with Crippen LogP contribution in [0.2, 0.25) is 0 Å². The van der Waals surface area contributed by atoms with Crippen LogP contribution in [0, 0.1) is 13.8 Å². The number of ether oxygens (including phenoxy) is 1. The zero-order chi connectivity index (χ0) is 26.3. The van der Waals surface area contributed by atoms with Crippen LogP contribution in [0.4, 0.5) is 5.69 Å². The number of carbonyl (C=O) groups is 3. The Kier molecular flexibility index (Phi) is 6.09. The zero-order valence-corrected chi connectivity index (χ0v) is 20.7. The molecular formula is C31H25NO5. The van der Waals surface area contributed by atoms with E-state index >= 15 is 0 Å². The quantitative estimate of drug-likeness (QED) is 0.124. The molecule has 0 aliphatic carbocycles. The van der Waals surface area contributed by atoms with Crippen LogP contribution >= 0.6 is 0 Å². The first-order chi connectivity index (χ1) is 17.7. The molecule has 1 fully saturated rings. The van der Waals surface area contributed by atoms with Gasteiger partial charge in [-0.3, -0.25) is 19.3 Å². The van der Waals surface area contributed by atoms with E-state index in [1.807, 2.05) is 62.4 Å². The molecule has 0 aromatic heterocycles. The van der Waals surface area contributed by atoms with Gasteiger partial charge in [-0.2, -0.15) is 0 Å². The Labute approximate surface area is 214 Å². The Morgan fingerprint density at radius 1 is 0.865 bits per heavy atom. The third-order valence-corrected chi connectivity index (χ3v) is 6.43. The number of fused-ring (bicyclic) bond motifs is 1. The van der Waals surface area contributed by atoms with Crippen LogP contribution in [0.3, 0.4) is 0 Å². The number of rotatable bonds is 4. The molecule has 0 bridgehead atoms. The summed E-state index contributed by atoms with van der Waals surface area (Å²) in [5, 5.41) is 13.3. The van der Waals surface area contributed by atoms with Crippen molar-refractivity contribution >= 4 is 39.9 Å². The maximum absolute atomic E-state index is 13.5. The molecule has 0 spiro atoms. The molecule has 1 N–H and O–H groups in total. The van der Waals surface area contributed by atoms with E-state index in [-0.39, 0.29) is 11.3 Å². The second kappa shape index (κ2) is 9.39. The molecule has 1 amide bonds. The minimum Gasteiger partial charge on any atom is -0.507 e. The normalized spacial score (nSPS) is 16.8. The first-order valence-electron chi connectivity index (χ1n) is 11.9. The first-order valence-corrected chi connectivity index (χ1v) is 11.9. The van der Waals surface area contributed by atoms with Crippen LogP contribution in [0.25, 0.3) is 16.5 Å². The maximum atomic E-state index is 13.5. The molecule has 4 aromatic carbocycles. The van der Waals surface area contributed by atoms with Crippen molar-refractivity contribution in [2.75, 3.05) is 4.90 Å². The second-order valence-electron chi connectivity index (χ2n) is 9.20. The van der Waals surface area contributed by atoms with E-state index < -0.39 is 23.7 Å². The molecule has 6 heteroatoms. The highest BCUT2D eigenvalue weighted by Gasteiger charge is 2.47. The number of Topliss-reactive ketones (excluding diaryl/α,β-unsaturated/α-hetero) is 1. The fourth-order valence-corrected chi connectivity index (χ4v) is 4.97. The average molecular weight is 492 g/mol. The Balaban J connectivity index is 1.75. The second-order valence-corrected chi connectivity index (χ2v) is 9.20. The Morgan fingerprint density at radius 3 is 2.19 bits per heavy atom. The number of amides is 1. The van der Waals surface area contributed by atoms with E-state index in [1.165, 1.54) is 11.8 Å². The molecule has 6 nitrogen and oxygen atoms in total. The number of carbonyl (C=O) groups excluding carboxylic acids is 3. The Hall–Kier alpha value is -4.71. The number of hydrogen-bond acceptors (Lipinski definition) is 5. The van der Waals surface area contributed by atoms with Crippen molar-refractivity contribution in [3.8, 4) is 5.75 Å². The third kappa shape index (κ3) is 4.38. The van der Waals surface area contributed by atoms with Crippen LogP contribution in [0.1, 0.15) is 35.2 Å². The molecule has 184 valence electrons. The minimum absolute atomic E-state index is 0.000693. The van der Waals surface area contributed by atoms with Crippen LogP contribution in [-0.4, -0.2) is 22.8 Å². The maximum Gasteiger partial charge on any atom is 0.308 e. The van der Waals surface area contributed by atoms with Gasteiger partial charge >= 0.3 is 5.97 Å². The van der Waals surface area contributed by atoms with Crippen molar-refractivity contribution in [3.05, 3.63) is 113 Å². The van der Waals surface area contributed by atoms with E-state index in [0.29, 0.717) is 22.6 Å². The fourth-order valence-electron chi connectivity index (χ4n) is 4.97. The summed E-state index contributed by atoms with van der Waals surface area (Å²) >= 11 is 0. The number of hydrogen-bond donors (Lipinski definition) is 1. The summed E-state index contributed by atoms with van der Waals surface area (Å²) in [4.78, 5) is 39.8. The van der Waals surface area contributed by atoms with E-state index in [4.69, 9.17) is 4.74 Å². The highest BCUT2D eigenvalue weighted by Crippen LogP contribution is 2.43. The van der Waals surface area contributed by atoms with Gasteiger partial charge in [0.1, 0.15) is 11.5 Å². The largest absolute Gasteiger partial charge is 0.507 e. The predicted molar refractivity (Wildman–Crippen MR) is 142 cm³/mol. The van der Waals surface area contributed by atoms with Gasteiger partial charge in [0.05, 0.1) is 11.6 Å². The molecule has 1 aliphatic rings. The third-order valence-electron chi connectivity index (χ3n) is 6.43. The summed E-state index contributed by atoms with van der Waals surface area (Å²) < 4.78 is 5.16. The summed E-state index contributed by atoms with van der Waals surface area (Å²) in [6, 6.07) is 24.4. The summed E-state index contributed by atoms with van der Waals surface area (Å²) in [7, 11) is 0. The van der Waals surface area contributed by atoms with Gasteiger partial charge in [0.25, 0.3) is 11.7 Å². The van der Waals surface area contributed by atoms with Gasteiger partial charge in [-0.15, -0.1) is 0 Å². The zero-order valence-electron chi connectivity index (χ0n) is 20.7. The molecule has 37 heavy (non-hydrogen) atoms. The molecule has 1 aliphatic heterocycles. The molecule has 1 saturated heterocycles. The molecular weight excluding hydrogens is 466 g/mol. The molecule has 1 unspecified atom stereocenters. The number of anilines is 1. The van der Waals surface area contributed by atoms with Gasteiger partial charge in [0, 0.05) is 18.2 Å². The standard InChI is InChI=1S/C31H25NO5/c1-18-15-19(2)17-23(16-18)32-28(22-11-13-24(14-12-22)37-20(3)33)27(30(35)31(32)36)29(34)26-10-6-8-21-7-4-5-9-25(21)26/h4-17,28,34H,1-3H3/b29-27-. The number of aryl methyl sites for hydroxylation is 2. The van der Waals surface area contributed by atoms with Crippen LogP contribution in [-0.2, 0) is 14.4 Å². The average Bonchev–Trinajstić information content (AvgIpc) is 3.13. The summed E-state index contributed by atoms with van der Waals surface area (Å²) in [6.45, 7) is 5.16. The minimum atomic E-state index is -0.883. The molecule has 1 heterocycles. The Bertz CT molecular complexity index is 1570. The molecule has 1 atom stereocenters. The number of aliphatic hydroxyl groups excluding tert-OH is 1. The van der Waals surface area contributed by atoms with Crippen molar-refractivity contribution < 1.29 is 24.2 Å². The lowest BCUT2D eigenvalue weighted by Gasteiger charge is -2.26. The Morgan fingerprint density at radius 2 is 1.51 bits per heavy atom. The first kappa shape index (κ1) is 24.0. The lowest BCUT2D eigenvalue weighted by atomic mass is 9.93. The van der Waals surface area contributed by atoms with Crippen molar-refractivity contribution in [2.24, 2.45) is 0 Å². The number of aliphatic hydroxyl groups is 1. The van der Waals surface area contributed by atoms with Crippen molar-refractivity contribution in [3.63, 3.8) is 0 Å². The number of esters is 1. The van der Waals surface area contributed by atoms with E-state index in [2.05, 4.69) is 0 Å².